The van der Waals surface area contributed by atoms with Crippen LogP contribution in [0.3, 0.4) is 0 Å². The van der Waals surface area contributed by atoms with Crippen LogP contribution in [0.4, 0.5) is 5.69 Å². The van der Waals surface area contributed by atoms with Crippen LogP contribution in [0, 0.1) is 32.1 Å². The lowest BCUT2D eigenvalue weighted by atomic mass is 9.94. The van der Waals surface area contributed by atoms with Gasteiger partial charge in [-0.15, -0.1) is 0 Å². The SMILES string of the molecule is Cc1cc(C)c(C(C#N)Nc2ccccc2Cl)c(C)c1. The molecule has 0 fully saturated rings. The van der Waals surface area contributed by atoms with E-state index in [0.29, 0.717) is 5.02 Å². The number of aryl methyl sites for hydroxylation is 3. The molecule has 2 nitrogen and oxygen atoms in total. The van der Waals surface area contributed by atoms with Crippen molar-refractivity contribution in [1.82, 2.24) is 0 Å². The summed E-state index contributed by atoms with van der Waals surface area (Å²) >= 11 is 6.15. The molecule has 0 aliphatic rings. The maximum atomic E-state index is 9.49. The zero-order chi connectivity index (χ0) is 14.7. The molecule has 20 heavy (non-hydrogen) atoms. The highest BCUT2D eigenvalue weighted by atomic mass is 35.5. The minimum Gasteiger partial charge on any atom is -0.365 e. The van der Waals surface area contributed by atoms with Crippen LogP contribution in [0.1, 0.15) is 28.3 Å². The van der Waals surface area contributed by atoms with E-state index in [-0.39, 0.29) is 0 Å². The van der Waals surface area contributed by atoms with Crippen molar-refractivity contribution < 1.29 is 0 Å². The fourth-order valence-electron chi connectivity index (χ4n) is 2.55. The van der Waals surface area contributed by atoms with Gasteiger partial charge in [-0.3, -0.25) is 0 Å². The first kappa shape index (κ1) is 14.4. The van der Waals surface area contributed by atoms with Crippen LogP contribution in [-0.4, -0.2) is 0 Å². The molecule has 1 unspecified atom stereocenters. The first-order valence-electron chi connectivity index (χ1n) is 6.51. The number of rotatable bonds is 3. The number of nitriles is 1. The molecule has 1 N–H and O–H groups in total. The van der Waals surface area contributed by atoms with Gasteiger partial charge in [0.2, 0.25) is 0 Å². The lowest BCUT2D eigenvalue weighted by Gasteiger charge is -2.19. The highest BCUT2D eigenvalue weighted by molar-refractivity contribution is 6.33. The molecule has 0 aliphatic heterocycles. The Hall–Kier alpha value is -1.98. The van der Waals surface area contributed by atoms with E-state index >= 15 is 0 Å². The van der Waals surface area contributed by atoms with Gasteiger partial charge in [0.25, 0.3) is 0 Å². The van der Waals surface area contributed by atoms with Gasteiger partial charge in [-0.05, 0) is 49.6 Å². The van der Waals surface area contributed by atoms with Crippen molar-refractivity contribution in [2.45, 2.75) is 26.8 Å². The predicted molar refractivity (Wildman–Crippen MR) is 84.1 cm³/mol. The van der Waals surface area contributed by atoms with Crippen LogP contribution < -0.4 is 5.32 Å². The Bertz CT molecular complexity index is 648. The van der Waals surface area contributed by atoms with Crippen molar-refractivity contribution in [3.05, 3.63) is 63.7 Å². The Morgan fingerprint density at radius 2 is 1.70 bits per heavy atom. The molecule has 2 aromatic carbocycles. The summed E-state index contributed by atoms with van der Waals surface area (Å²) in [6.07, 6.45) is 0. The second kappa shape index (κ2) is 5.98. The van der Waals surface area contributed by atoms with E-state index in [9.17, 15) is 5.26 Å². The fraction of sp³-hybridized carbons (Fsp3) is 0.235. The first-order valence-corrected chi connectivity index (χ1v) is 6.89. The third kappa shape index (κ3) is 2.95. The fourth-order valence-corrected chi connectivity index (χ4v) is 2.74. The van der Waals surface area contributed by atoms with Gasteiger partial charge < -0.3 is 5.32 Å². The number of nitrogens with one attached hydrogen (secondary N) is 1. The first-order chi connectivity index (χ1) is 9.52. The normalized spacial score (nSPS) is 11.8. The molecule has 0 radical (unpaired) electrons. The Labute approximate surface area is 125 Å². The van der Waals surface area contributed by atoms with Gasteiger partial charge in [-0.1, -0.05) is 41.4 Å². The van der Waals surface area contributed by atoms with Crippen molar-refractivity contribution in [2.75, 3.05) is 5.32 Å². The van der Waals surface area contributed by atoms with Gasteiger partial charge in [-0.2, -0.15) is 5.26 Å². The number of benzene rings is 2. The number of para-hydroxylation sites is 1. The number of hydrogen-bond acceptors (Lipinski definition) is 2. The summed E-state index contributed by atoms with van der Waals surface area (Å²) in [4.78, 5) is 0. The summed E-state index contributed by atoms with van der Waals surface area (Å²) in [5.41, 5.74) is 5.25. The average Bonchev–Trinajstić information content (AvgIpc) is 2.38. The largest absolute Gasteiger partial charge is 0.365 e. The topological polar surface area (TPSA) is 35.8 Å². The van der Waals surface area contributed by atoms with Crippen LogP contribution in [0.15, 0.2) is 36.4 Å². The zero-order valence-electron chi connectivity index (χ0n) is 11.9. The summed E-state index contributed by atoms with van der Waals surface area (Å²) in [7, 11) is 0. The standard InChI is InChI=1S/C17H17ClN2/c1-11-8-12(2)17(13(3)9-11)16(10-19)20-15-7-5-4-6-14(15)18/h4-9,16,20H,1-3H3. The number of halogens is 1. The lowest BCUT2D eigenvalue weighted by molar-refractivity contribution is 0.962. The van der Waals surface area contributed by atoms with Gasteiger partial charge >= 0.3 is 0 Å². The molecule has 2 rings (SSSR count). The molecule has 102 valence electrons. The quantitative estimate of drug-likeness (QED) is 0.866. The van der Waals surface area contributed by atoms with Crippen molar-refractivity contribution >= 4 is 17.3 Å². The molecule has 0 bridgehead atoms. The summed E-state index contributed by atoms with van der Waals surface area (Å²) in [5.74, 6) is 0. The van der Waals surface area contributed by atoms with Crippen molar-refractivity contribution in [3.8, 4) is 6.07 Å². The van der Waals surface area contributed by atoms with Gasteiger partial charge in [0, 0.05) is 0 Å². The number of hydrogen-bond donors (Lipinski definition) is 1. The Morgan fingerprint density at radius 1 is 1.10 bits per heavy atom. The van der Waals surface area contributed by atoms with Crippen molar-refractivity contribution in [2.24, 2.45) is 0 Å². The maximum Gasteiger partial charge on any atom is 0.140 e. The second-order valence-corrected chi connectivity index (χ2v) is 5.41. The molecule has 0 spiro atoms. The monoisotopic (exact) mass is 284 g/mol. The highest BCUT2D eigenvalue weighted by Gasteiger charge is 2.16. The molecule has 3 heteroatoms. The molecule has 0 heterocycles. The van der Waals surface area contributed by atoms with Crippen molar-refractivity contribution in [3.63, 3.8) is 0 Å². The zero-order valence-corrected chi connectivity index (χ0v) is 12.6. The van der Waals surface area contributed by atoms with Crippen LogP contribution in [0.2, 0.25) is 5.02 Å². The molecule has 0 saturated heterocycles. The summed E-state index contributed by atoms with van der Waals surface area (Å²) in [5, 5.41) is 13.3. The van der Waals surface area contributed by atoms with E-state index in [2.05, 4.69) is 30.4 Å². The molecule has 0 aliphatic carbocycles. The lowest BCUT2D eigenvalue weighted by Crippen LogP contribution is -2.12. The van der Waals surface area contributed by atoms with E-state index in [1.165, 1.54) is 5.56 Å². The molecular weight excluding hydrogens is 268 g/mol. The third-order valence-electron chi connectivity index (χ3n) is 3.33. The van der Waals surface area contributed by atoms with Crippen LogP contribution in [0.5, 0.6) is 0 Å². The second-order valence-electron chi connectivity index (χ2n) is 5.00. The average molecular weight is 285 g/mol. The van der Waals surface area contributed by atoms with E-state index in [1.807, 2.05) is 38.1 Å². The Balaban J connectivity index is 2.40. The smallest absolute Gasteiger partial charge is 0.140 e. The van der Waals surface area contributed by atoms with Crippen LogP contribution in [-0.2, 0) is 0 Å². The molecule has 0 amide bonds. The Morgan fingerprint density at radius 3 is 2.25 bits per heavy atom. The molecule has 1 atom stereocenters. The van der Waals surface area contributed by atoms with Crippen LogP contribution >= 0.6 is 11.6 Å². The predicted octanol–water partition coefficient (Wildman–Crippen LogP) is 4.94. The number of nitrogens with zero attached hydrogens (tertiary/aromatic N) is 1. The summed E-state index contributed by atoms with van der Waals surface area (Å²) in [6.45, 7) is 6.13. The Kier molecular flexibility index (Phi) is 4.32. The van der Waals surface area contributed by atoms with Gasteiger partial charge in [0.15, 0.2) is 0 Å². The highest BCUT2D eigenvalue weighted by Crippen LogP contribution is 2.29. The molecule has 0 saturated carbocycles. The van der Waals surface area contributed by atoms with Crippen LogP contribution in [0.25, 0.3) is 0 Å². The molecule has 0 aromatic heterocycles. The molecular formula is C17H17ClN2. The third-order valence-corrected chi connectivity index (χ3v) is 3.66. The summed E-state index contributed by atoms with van der Waals surface area (Å²) in [6, 6.07) is 13.6. The maximum absolute atomic E-state index is 9.49. The minimum atomic E-state index is -0.407. The minimum absolute atomic E-state index is 0.407. The van der Waals surface area contributed by atoms with Gasteiger partial charge in [0.1, 0.15) is 6.04 Å². The van der Waals surface area contributed by atoms with Gasteiger partial charge in [0.05, 0.1) is 16.8 Å². The van der Waals surface area contributed by atoms with E-state index in [0.717, 1.165) is 22.4 Å². The van der Waals surface area contributed by atoms with Gasteiger partial charge in [-0.25, -0.2) is 0 Å². The summed E-state index contributed by atoms with van der Waals surface area (Å²) < 4.78 is 0. The van der Waals surface area contributed by atoms with E-state index in [1.54, 1.807) is 0 Å². The van der Waals surface area contributed by atoms with E-state index in [4.69, 9.17) is 11.6 Å². The van der Waals surface area contributed by atoms with Crippen molar-refractivity contribution in [1.29, 1.82) is 5.26 Å². The number of anilines is 1. The molecule has 2 aromatic rings. The van der Waals surface area contributed by atoms with E-state index < -0.39 is 6.04 Å².